The molecule has 0 radical (unpaired) electrons. The van der Waals surface area contributed by atoms with Crippen molar-refractivity contribution >= 4 is 17.3 Å². The van der Waals surface area contributed by atoms with Gasteiger partial charge < -0.3 is 10.4 Å². The van der Waals surface area contributed by atoms with Crippen LogP contribution in [-0.2, 0) is 0 Å². The monoisotopic (exact) mass is 253 g/mol. The van der Waals surface area contributed by atoms with Crippen molar-refractivity contribution in [2.45, 2.75) is 45.6 Å². The Morgan fingerprint density at radius 2 is 2.18 bits per heavy atom. The summed E-state index contributed by atoms with van der Waals surface area (Å²) < 4.78 is 0. The first-order valence-electron chi connectivity index (χ1n) is 6.21. The van der Waals surface area contributed by atoms with E-state index in [2.05, 4.69) is 19.2 Å². The Bertz CT molecular complexity index is 403. The molecule has 94 valence electrons. The van der Waals surface area contributed by atoms with Crippen LogP contribution in [0.2, 0.25) is 5.02 Å². The summed E-state index contributed by atoms with van der Waals surface area (Å²) in [4.78, 5) is 0. The van der Waals surface area contributed by atoms with Crippen molar-refractivity contribution in [2.75, 3.05) is 5.32 Å². The normalized spacial score (nSPS) is 23.4. The number of aromatic hydroxyl groups is 1. The van der Waals surface area contributed by atoms with Gasteiger partial charge in [-0.15, -0.1) is 0 Å². The summed E-state index contributed by atoms with van der Waals surface area (Å²) in [5.41, 5.74) is 1.42. The number of nitrogens with one attached hydrogen (secondary N) is 1. The smallest absolute Gasteiger partial charge is 0.134 e. The van der Waals surface area contributed by atoms with E-state index in [1.54, 1.807) is 12.1 Å². The highest BCUT2D eigenvalue weighted by atomic mass is 35.5. The van der Waals surface area contributed by atoms with Crippen molar-refractivity contribution in [1.29, 1.82) is 0 Å². The van der Waals surface area contributed by atoms with Crippen LogP contribution in [0.3, 0.4) is 0 Å². The molecule has 3 heteroatoms. The number of phenols is 1. The number of hydrogen-bond acceptors (Lipinski definition) is 2. The van der Waals surface area contributed by atoms with E-state index in [-0.39, 0.29) is 5.75 Å². The van der Waals surface area contributed by atoms with Gasteiger partial charge in [0.15, 0.2) is 0 Å². The summed E-state index contributed by atoms with van der Waals surface area (Å²) in [7, 11) is 0. The van der Waals surface area contributed by atoms with E-state index in [1.165, 1.54) is 25.7 Å². The van der Waals surface area contributed by atoms with Crippen molar-refractivity contribution in [1.82, 2.24) is 0 Å². The summed E-state index contributed by atoms with van der Waals surface area (Å²) >= 11 is 5.90. The molecule has 0 aliphatic heterocycles. The highest BCUT2D eigenvalue weighted by Crippen LogP contribution is 2.37. The molecular weight excluding hydrogens is 234 g/mol. The van der Waals surface area contributed by atoms with Gasteiger partial charge in [-0.2, -0.15) is 0 Å². The third-order valence-corrected chi connectivity index (χ3v) is 3.83. The molecule has 0 bridgehead atoms. The molecule has 1 unspecified atom stereocenters. The number of halogens is 1. The first-order chi connectivity index (χ1) is 7.96. The Hall–Kier alpha value is -0.890. The lowest BCUT2D eigenvalue weighted by Crippen LogP contribution is -2.31. The topological polar surface area (TPSA) is 32.3 Å². The van der Waals surface area contributed by atoms with Crippen LogP contribution in [0.1, 0.15) is 39.5 Å². The molecule has 1 saturated carbocycles. The number of rotatable bonds is 2. The maximum absolute atomic E-state index is 9.37. The fraction of sp³-hybridized carbons (Fsp3) is 0.571. The molecular formula is C14H20ClNO. The molecule has 0 spiro atoms. The minimum Gasteiger partial charge on any atom is -0.506 e. The lowest BCUT2D eigenvalue weighted by Gasteiger charge is -2.36. The van der Waals surface area contributed by atoms with Crippen LogP contribution in [0, 0.1) is 5.41 Å². The van der Waals surface area contributed by atoms with Crippen LogP contribution in [0.5, 0.6) is 5.75 Å². The molecule has 1 aliphatic rings. The Morgan fingerprint density at radius 3 is 2.82 bits per heavy atom. The predicted molar refractivity (Wildman–Crippen MR) is 72.8 cm³/mol. The molecule has 1 aliphatic carbocycles. The molecule has 0 heterocycles. The van der Waals surface area contributed by atoms with Gasteiger partial charge in [0, 0.05) is 11.7 Å². The van der Waals surface area contributed by atoms with Gasteiger partial charge in [-0.25, -0.2) is 0 Å². The molecule has 1 atom stereocenters. The molecule has 2 nitrogen and oxygen atoms in total. The standard InChI is InChI=1S/C14H20ClNO/c1-14(2)7-3-4-11(9-14)16-10-5-6-13(17)12(15)8-10/h5-6,8,11,16-17H,3-4,7,9H2,1-2H3. The lowest BCUT2D eigenvalue weighted by atomic mass is 9.75. The minimum absolute atomic E-state index is 0.140. The summed E-state index contributed by atoms with van der Waals surface area (Å²) in [6.45, 7) is 4.65. The number of hydrogen-bond donors (Lipinski definition) is 2. The van der Waals surface area contributed by atoms with Crippen molar-refractivity contribution in [2.24, 2.45) is 5.41 Å². The predicted octanol–water partition coefficient (Wildman–Crippen LogP) is 4.43. The fourth-order valence-corrected chi connectivity index (χ4v) is 2.83. The van der Waals surface area contributed by atoms with Crippen molar-refractivity contribution in [3.05, 3.63) is 23.2 Å². The van der Waals surface area contributed by atoms with Gasteiger partial charge in [0.05, 0.1) is 5.02 Å². The van der Waals surface area contributed by atoms with Gasteiger partial charge >= 0.3 is 0 Å². The molecule has 1 aromatic rings. The highest BCUT2D eigenvalue weighted by molar-refractivity contribution is 6.32. The average Bonchev–Trinajstić information content (AvgIpc) is 2.22. The Kier molecular flexibility index (Phi) is 3.53. The van der Waals surface area contributed by atoms with Crippen molar-refractivity contribution < 1.29 is 5.11 Å². The Balaban J connectivity index is 2.03. The number of anilines is 1. The zero-order valence-electron chi connectivity index (χ0n) is 10.5. The van der Waals surface area contributed by atoms with E-state index in [9.17, 15) is 5.11 Å². The van der Waals surface area contributed by atoms with E-state index in [0.717, 1.165) is 5.69 Å². The number of phenolic OH excluding ortho intramolecular Hbond substituents is 1. The van der Waals surface area contributed by atoms with Crippen LogP contribution >= 0.6 is 11.6 Å². The third-order valence-electron chi connectivity index (χ3n) is 3.52. The molecule has 17 heavy (non-hydrogen) atoms. The quantitative estimate of drug-likeness (QED) is 0.765. The first kappa shape index (κ1) is 12.6. The molecule has 1 aromatic carbocycles. The first-order valence-corrected chi connectivity index (χ1v) is 6.59. The van der Waals surface area contributed by atoms with Gasteiger partial charge in [-0.3, -0.25) is 0 Å². The van der Waals surface area contributed by atoms with Crippen LogP contribution in [0.15, 0.2) is 18.2 Å². The zero-order valence-corrected chi connectivity index (χ0v) is 11.2. The summed E-state index contributed by atoms with van der Waals surface area (Å²) in [6, 6.07) is 5.82. The fourth-order valence-electron chi connectivity index (χ4n) is 2.65. The molecule has 0 aromatic heterocycles. The van der Waals surface area contributed by atoms with E-state index in [4.69, 9.17) is 11.6 Å². The highest BCUT2D eigenvalue weighted by Gasteiger charge is 2.27. The van der Waals surface area contributed by atoms with Crippen molar-refractivity contribution in [3.63, 3.8) is 0 Å². The summed E-state index contributed by atoms with van der Waals surface area (Å²) in [5.74, 6) is 0.140. The molecule has 0 amide bonds. The van der Waals surface area contributed by atoms with Gasteiger partial charge in [0.1, 0.15) is 5.75 Å². The van der Waals surface area contributed by atoms with Crippen LogP contribution in [0.25, 0.3) is 0 Å². The van der Waals surface area contributed by atoms with E-state index >= 15 is 0 Å². The molecule has 1 fully saturated rings. The SMILES string of the molecule is CC1(C)CCCC(Nc2ccc(O)c(Cl)c2)C1. The second kappa shape index (κ2) is 4.77. The van der Waals surface area contributed by atoms with Crippen LogP contribution < -0.4 is 5.32 Å². The van der Waals surface area contributed by atoms with Crippen LogP contribution in [0.4, 0.5) is 5.69 Å². The molecule has 0 saturated heterocycles. The summed E-state index contributed by atoms with van der Waals surface area (Å²) in [6.07, 6.45) is 4.98. The number of benzene rings is 1. The van der Waals surface area contributed by atoms with Gasteiger partial charge in [0.25, 0.3) is 0 Å². The Morgan fingerprint density at radius 1 is 1.41 bits per heavy atom. The van der Waals surface area contributed by atoms with Gasteiger partial charge in [-0.05, 0) is 42.9 Å². The van der Waals surface area contributed by atoms with E-state index in [0.29, 0.717) is 16.5 Å². The van der Waals surface area contributed by atoms with E-state index in [1.807, 2.05) is 6.07 Å². The summed E-state index contributed by atoms with van der Waals surface area (Å²) in [5, 5.41) is 13.3. The van der Waals surface area contributed by atoms with Gasteiger partial charge in [0.2, 0.25) is 0 Å². The zero-order chi connectivity index (χ0) is 12.5. The molecule has 2 rings (SSSR count). The second-order valence-electron chi connectivity index (χ2n) is 5.77. The minimum atomic E-state index is 0.140. The van der Waals surface area contributed by atoms with Gasteiger partial charge in [-0.1, -0.05) is 31.9 Å². The van der Waals surface area contributed by atoms with Crippen LogP contribution in [-0.4, -0.2) is 11.1 Å². The Labute approximate surface area is 108 Å². The lowest BCUT2D eigenvalue weighted by molar-refractivity contribution is 0.229. The third kappa shape index (κ3) is 3.29. The maximum Gasteiger partial charge on any atom is 0.134 e. The second-order valence-corrected chi connectivity index (χ2v) is 6.18. The molecule has 2 N–H and O–H groups in total. The average molecular weight is 254 g/mol. The maximum atomic E-state index is 9.37. The van der Waals surface area contributed by atoms with Crippen molar-refractivity contribution in [3.8, 4) is 5.75 Å². The van der Waals surface area contributed by atoms with E-state index < -0.39 is 0 Å². The largest absolute Gasteiger partial charge is 0.506 e.